The van der Waals surface area contributed by atoms with Crippen LogP contribution in [0.4, 0.5) is 5.95 Å². The summed E-state index contributed by atoms with van der Waals surface area (Å²) in [7, 11) is 0. The lowest BCUT2D eigenvalue weighted by Crippen LogP contribution is -2.35. The molecular weight excluding hydrogens is 132 g/mol. The van der Waals surface area contributed by atoms with E-state index in [-0.39, 0.29) is 0 Å². The number of hydrogen-bond donors (Lipinski definition) is 0. The molecule has 1 aliphatic rings. The summed E-state index contributed by atoms with van der Waals surface area (Å²) in [5.41, 5.74) is 0. The molecule has 0 aromatic carbocycles. The maximum atomic E-state index is 10.8. The molecule has 52 valence electrons. The standard InChI is InChI=1S/C5H6N4O/c10-9-5(8-3-4-8)6-1-2-7-9/h1-2H,3-4H2. The lowest BCUT2D eigenvalue weighted by Gasteiger charge is -2.01. The zero-order valence-electron chi connectivity index (χ0n) is 5.27. The van der Waals surface area contributed by atoms with Crippen LogP contribution in [0.15, 0.2) is 12.4 Å². The summed E-state index contributed by atoms with van der Waals surface area (Å²) in [5.74, 6) is 0.405. The summed E-state index contributed by atoms with van der Waals surface area (Å²) >= 11 is 0. The molecule has 0 unspecified atom stereocenters. The molecule has 10 heavy (non-hydrogen) atoms. The van der Waals surface area contributed by atoms with Gasteiger partial charge in [-0.25, -0.2) is 0 Å². The maximum absolute atomic E-state index is 10.8. The first-order valence-electron chi connectivity index (χ1n) is 3.04. The van der Waals surface area contributed by atoms with Crippen molar-refractivity contribution < 1.29 is 4.85 Å². The van der Waals surface area contributed by atoms with E-state index >= 15 is 0 Å². The van der Waals surface area contributed by atoms with Gasteiger partial charge in [0.05, 0.1) is 19.3 Å². The minimum absolute atomic E-state index is 0.405. The number of nitrogens with zero attached hydrogens (tertiary/aromatic N) is 4. The highest BCUT2D eigenvalue weighted by atomic mass is 16.5. The molecule has 1 aliphatic heterocycles. The van der Waals surface area contributed by atoms with Gasteiger partial charge in [-0.3, -0.25) is 4.90 Å². The first-order valence-corrected chi connectivity index (χ1v) is 3.04. The van der Waals surface area contributed by atoms with Crippen molar-refractivity contribution in [3.8, 4) is 0 Å². The van der Waals surface area contributed by atoms with Gasteiger partial charge in [-0.05, 0) is 0 Å². The van der Waals surface area contributed by atoms with Crippen LogP contribution in [-0.2, 0) is 0 Å². The molecule has 1 fully saturated rings. The van der Waals surface area contributed by atoms with Crippen molar-refractivity contribution in [2.24, 2.45) is 0 Å². The Morgan fingerprint density at radius 3 is 2.90 bits per heavy atom. The van der Waals surface area contributed by atoms with Crippen LogP contribution in [0.25, 0.3) is 0 Å². The molecule has 2 heterocycles. The van der Waals surface area contributed by atoms with Crippen molar-refractivity contribution in [1.82, 2.24) is 10.1 Å². The van der Waals surface area contributed by atoms with Crippen molar-refractivity contribution in [1.29, 1.82) is 0 Å². The molecule has 1 aromatic heterocycles. The van der Waals surface area contributed by atoms with Crippen LogP contribution in [0.2, 0.25) is 0 Å². The predicted octanol–water partition coefficient (Wildman–Crippen LogP) is -1.07. The van der Waals surface area contributed by atoms with Crippen LogP contribution in [0.3, 0.4) is 0 Å². The quantitative estimate of drug-likeness (QED) is 0.281. The smallest absolute Gasteiger partial charge is 0.414 e. The van der Waals surface area contributed by atoms with Gasteiger partial charge in [-0.15, -0.1) is 9.94 Å². The average molecular weight is 138 g/mol. The minimum Gasteiger partial charge on any atom is -0.722 e. The van der Waals surface area contributed by atoms with E-state index in [2.05, 4.69) is 10.1 Å². The Balaban J connectivity index is 2.39. The van der Waals surface area contributed by atoms with Gasteiger partial charge in [0.2, 0.25) is 0 Å². The van der Waals surface area contributed by atoms with E-state index in [0.29, 0.717) is 10.8 Å². The Morgan fingerprint density at radius 2 is 2.30 bits per heavy atom. The van der Waals surface area contributed by atoms with Crippen LogP contribution >= 0.6 is 0 Å². The first-order chi connectivity index (χ1) is 4.88. The van der Waals surface area contributed by atoms with Gasteiger partial charge in [0, 0.05) is 0 Å². The lowest BCUT2D eigenvalue weighted by atomic mass is 10.8. The largest absolute Gasteiger partial charge is 0.722 e. The van der Waals surface area contributed by atoms with E-state index in [4.69, 9.17) is 0 Å². The molecule has 0 bridgehead atoms. The van der Waals surface area contributed by atoms with E-state index in [0.717, 1.165) is 13.1 Å². The molecule has 1 saturated heterocycles. The second-order valence-electron chi connectivity index (χ2n) is 2.10. The normalized spacial score (nSPS) is 15.4. The highest BCUT2D eigenvalue weighted by Crippen LogP contribution is 2.10. The molecule has 0 saturated carbocycles. The fourth-order valence-corrected chi connectivity index (χ4v) is 0.744. The molecule has 0 atom stereocenters. The molecule has 5 nitrogen and oxygen atoms in total. The van der Waals surface area contributed by atoms with Crippen molar-refractivity contribution in [3.63, 3.8) is 0 Å². The zero-order valence-corrected chi connectivity index (χ0v) is 5.27. The van der Waals surface area contributed by atoms with Gasteiger partial charge < -0.3 is 5.21 Å². The summed E-state index contributed by atoms with van der Waals surface area (Å²) < 4.78 is 0. The summed E-state index contributed by atoms with van der Waals surface area (Å²) in [4.78, 5) is 6.24. The van der Waals surface area contributed by atoms with Gasteiger partial charge >= 0.3 is 5.95 Å². The lowest BCUT2D eigenvalue weighted by molar-refractivity contribution is -0.658. The van der Waals surface area contributed by atoms with Gasteiger partial charge in [0.15, 0.2) is 0 Å². The van der Waals surface area contributed by atoms with E-state index in [9.17, 15) is 5.21 Å². The van der Waals surface area contributed by atoms with E-state index in [1.807, 2.05) is 4.90 Å². The number of hydrogen-bond acceptors (Lipinski definition) is 4. The fraction of sp³-hybridized carbons (Fsp3) is 0.400. The van der Waals surface area contributed by atoms with E-state index in [1.54, 1.807) is 0 Å². The predicted molar refractivity (Wildman–Crippen MR) is 33.2 cm³/mol. The monoisotopic (exact) mass is 138 g/mol. The number of rotatable bonds is 1. The molecule has 0 N–H and O–H groups in total. The molecule has 1 aromatic rings. The molecule has 2 rings (SSSR count). The summed E-state index contributed by atoms with van der Waals surface area (Å²) in [6.45, 7) is 1.84. The maximum Gasteiger partial charge on any atom is 0.414 e. The third kappa shape index (κ3) is 0.754. The minimum atomic E-state index is 0.405. The van der Waals surface area contributed by atoms with E-state index in [1.165, 1.54) is 12.4 Å². The van der Waals surface area contributed by atoms with Crippen molar-refractivity contribution in [2.45, 2.75) is 0 Å². The second-order valence-corrected chi connectivity index (χ2v) is 2.10. The Kier molecular flexibility index (Phi) is 0.969. The molecule has 0 aliphatic carbocycles. The topological polar surface area (TPSA) is 55.7 Å². The zero-order chi connectivity index (χ0) is 6.97. The highest BCUT2D eigenvalue weighted by molar-refractivity contribution is 5.31. The fourth-order valence-electron chi connectivity index (χ4n) is 0.744. The van der Waals surface area contributed by atoms with Crippen LogP contribution in [0, 0.1) is 5.21 Å². The van der Waals surface area contributed by atoms with Gasteiger partial charge in [0.25, 0.3) is 0 Å². The highest BCUT2D eigenvalue weighted by Gasteiger charge is 2.30. The Bertz CT molecular complexity index is 247. The summed E-state index contributed by atoms with van der Waals surface area (Å²) in [6, 6.07) is 0. The van der Waals surface area contributed by atoms with Crippen molar-refractivity contribution in [2.75, 3.05) is 18.0 Å². The van der Waals surface area contributed by atoms with Gasteiger partial charge in [0.1, 0.15) is 6.20 Å². The van der Waals surface area contributed by atoms with Gasteiger partial charge in [-0.1, -0.05) is 4.98 Å². The van der Waals surface area contributed by atoms with Crippen LogP contribution in [0.5, 0.6) is 0 Å². The summed E-state index contributed by atoms with van der Waals surface area (Å²) in [6.07, 6.45) is 2.89. The second kappa shape index (κ2) is 1.80. The Hall–Kier alpha value is -1.39. The number of aromatic nitrogens is 3. The SMILES string of the molecule is [O-][n+]1nccnc1N1CC1. The first kappa shape index (κ1) is 5.40. The Morgan fingerprint density at radius 1 is 1.50 bits per heavy atom. The van der Waals surface area contributed by atoms with Crippen LogP contribution < -0.4 is 9.75 Å². The van der Waals surface area contributed by atoms with Crippen molar-refractivity contribution in [3.05, 3.63) is 17.6 Å². The molecular formula is C5H6N4O. The number of anilines is 1. The van der Waals surface area contributed by atoms with Crippen molar-refractivity contribution >= 4 is 5.95 Å². The van der Waals surface area contributed by atoms with Gasteiger partial charge in [-0.2, -0.15) is 0 Å². The molecule has 0 spiro atoms. The third-order valence-electron chi connectivity index (χ3n) is 1.33. The third-order valence-corrected chi connectivity index (χ3v) is 1.33. The van der Waals surface area contributed by atoms with E-state index < -0.39 is 0 Å². The Labute approximate surface area is 57.5 Å². The molecule has 0 radical (unpaired) electrons. The molecule has 0 amide bonds. The van der Waals surface area contributed by atoms with Crippen LogP contribution in [0.1, 0.15) is 0 Å². The average Bonchev–Trinajstić information content (AvgIpc) is 2.71. The molecule has 5 heteroatoms. The van der Waals surface area contributed by atoms with Crippen LogP contribution in [-0.4, -0.2) is 23.2 Å². The summed E-state index contributed by atoms with van der Waals surface area (Å²) in [5, 5.41) is 14.3.